The molecule has 1 amide bonds. The van der Waals surface area contributed by atoms with Gasteiger partial charge in [0, 0.05) is 19.1 Å². The molecule has 2 atom stereocenters. The Morgan fingerprint density at radius 1 is 1.43 bits per heavy atom. The number of likely N-dealkylation sites (tertiary alicyclic amines) is 1. The van der Waals surface area contributed by atoms with E-state index < -0.39 is 0 Å². The molecule has 6 nitrogen and oxygen atoms in total. The predicted octanol–water partition coefficient (Wildman–Crippen LogP) is -0.865. The van der Waals surface area contributed by atoms with Gasteiger partial charge >= 0.3 is 6.03 Å². The van der Waals surface area contributed by atoms with Crippen molar-refractivity contribution in [3.05, 3.63) is 12.7 Å². The van der Waals surface area contributed by atoms with Crippen LogP contribution in [-0.2, 0) is 0 Å². The number of aromatic nitrogens is 3. The molecule has 6 heteroatoms. The molecule has 0 spiro atoms. The van der Waals surface area contributed by atoms with Gasteiger partial charge in [-0.1, -0.05) is 0 Å². The van der Waals surface area contributed by atoms with E-state index in [1.165, 1.54) is 17.3 Å². The number of rotatable bonds is 0. The van der Waals surface area contributed by atoms with Gasteiger partial charge in [-0.15, -0.1) is 0 Å². The summed E-state index contributed by atoms with van der Waals surface area (Å²) in [5.74, 6) is 1.03. The fourth-order valence-corrected chi connectivity index (χ4v) is 2.18. The van der Waals surface area contributed by atoms with E-state index >= 15 is 0 Å². The molecule has 1 saturated carbocycles. The normalized spacial score (nSPS) is 34.4. The van der Waals surface area contributed by atoms with Crippen LogP contribution in [0.1, 0.15) is 0 Å². The van der Waals surface area contributed by atoms with Crippen LogP contribution >= 0.6 is 0 Å². The quantitative estimate of drug-likeness (QED) is 0.581. The number of fused-ring (bicyclic) bond motifs is 1. The highest BCUT2D eigenvalue weighted by atomic mass is 16.2. The Hall–Kier alpha value is -1.43. The molecule has 1 saturated heterocycles. The van der Waals surface area contributed by atoms with E-state index in [2.05, 4.69) is 10.1 Å². The molecule has 2 N–H and O–H groups in total. The van der Waals surface area contributed by atoms with Gasteiger partial charge in [0.1, 0.15) is 12.7 Å². The maximum absolute atomic E-state index is 11.7. The monoisotopic (exact) mass is 193 g/mol. The smallest absolute Gasteiger partial charge is 0.327 e. The number of nitrogens with two attached hydrogens (primary N) is 1. The second kappa shape index (κ2) is 2.54. The molecule has 0 radical (unpaired) electrons. The van der Waals surface area contributed by atoms with Gasteiger partial charge in [-0.05, 0) is 11.8 Å². The van der Waals surface area contributed by atoms with Crippen LogP contribution in [0, 0.1) is 11.8 Å². The third-order valence-corrected chi connectivity index (χ3v) is 3.15. The number of carbonyl (C=O) groups is 1. The SMILES string of the molecule is NC1C2CN(C(=O)n3cncn3)CC12. The van der Waals surface area contributed by atoms with Gasteiger partial charge in [0.05, 0.1) is 0 Å². The molecule has 3 rings (SSSR count). The van der Waals surface area contributed by atoms with Crippen LogP contribution < -0.4 is 5.73 Å². The van der Waals surface area contributed by atoms with Crippen molar-refractivity contribution in [2.24, 2.45) is 17.6 Å². The molecule has 2 heterocycles. The second-order valence-electron chi connectivity index (χ2n) is 3.93. The molecule has 0 aromatic carbocycles. The third kappa shape index (κ3) is 0.971. The first-order valence-electron chi connectivity index (χ1n) is 4.67. The highest BCUT2D eigenvalue weighted by Gasteiger charge is 2.54. The molecular formula is C8H11N5O. The van der Waals surface area contributed by atoms with Crippen molar-refractivity contribution in [3.63, 3.8) is 0 Å². The molecule has 1 aliphatic carbocycles. The Morgan fingerprint density at radius 3 is 2.71 bits per heavy atom. The van der Waals surface area contributed by atoms with Crippen molar-refractivity contribution < 1.29 is 4.79 Å². The van der Waals surface area contributed by atoms with Crippen molar-refractivity contribution in [1.29, 1.82) is 0 Å². The average Bonchev–Trinajstić information content (AvgIpc) is 2.77. The van der Waals surface area contributed by atoms with Gasteiger partial charge in [0.15, 0.2) is 0 Å². The van der Waals surface area contributed by atoms with Gasteiger partial charge < -0.3 is 10.6 Å². The van der Waals surface area contributed by atoms with Gasteiger partial charge in [-0.2, -0.15) is 9.78 Å². The summed E-state index contributed by atoms with van der Waals surface area (Å²) in [6, 6.07) is 0.219. The molecule has 14 heavy (non-hydrogen) atoms. The molecule has 74 valence electrons. The number of amides is 1. The lowest BCUT2D eigenvalue weighted by molar-refractivity contribution is 0.201. The lowest BCUT2D eigenvalue weighted by Gasteiger charge is -2.17. The van der Waals surface area contributed by atoms with E-state index in [4.69, 9.17) is 5.73 Å². The summed E-state index contributed by atoms with van der Waals surface area (Å²) in [6.45, 7) is 1.54. The van der Waals surface area contributed by atoms with E-state index in [0.29, 0.717) is 17.9 Å². The topological polar surface area (TPSA) is 77.0 Å². The highest BCUT2D eigenvalue weighted by Crippen LogP contribution is 2.43. The maximum atomic E-state index is 11.7. The zero-order chi connectivity index (χ0) is 9.71. The fourth-order valence-electron chi connectivity index (χ4n) is 2.18. The number of piperidine rings is 1. The van der Waals surface area contributed by atoms with Crippen LogP contribution in [0.25, 0.3) is 0 Å². The Kier molecular flexibility index (Phi) is 1.44. The Labute approximate surface area is 80.7 Å². The summed E-state index contributed by atoms with van der Waals surface area (Å²) < 4.78 is 1.26. The minimum Gasteiger partial charge on any atom is -0.327 e. The molecule has 2 fully saturated rings. The minimum atomic E-state index is -0.0955. The second-order valence-corrected chi connectivity index (χ2v) is 3.93. The van der Waals surface area contributed by atoms with E-state index in [1.54, 1.807) is 4.90 Å². The lowest BCUT2D eigenvalue weighted by Crippen LogP contribution is -2.37. The summed E-state index contributed by atoms with van der Waals surface area (Å²) in [4.78, 5) is 17.3. The minimum absolute atomic E-state index is 0.0955. The first kappa shape index (κ1) is 7.93. The van der Waals surface area contributed by atoms with E-state index in [0.717, 1.165) is 13.1 Å². The van der Waals surface area contributed by atoms with E-state index in [1.807, 2.05) is 0 Å². The predicted molar refractivity (Wildman–Crippen MR) is 47.3 cm³/mol. The molecule has 2 unspecified atom stereocenters. The van der Waals surface area contributed by atoms with Crippen LogP contribution in [0.4, 0.5) is 4.79 Å². The van der Waals surface area contributed by atoms with Crippen LogP contribution in [0.2, 0.25) is 0 Å². The van der Waals surface area contributed by atoms with Gasteiger partial charge in [-0.3, -0.25) is 0 Å². The molecule has 1 aliphatic heterocycles. The number of carbonyl (C=O) groups excluding carboxylic acids is 1. The molecular weight excluding hydrogens is 182 g/mol. The first-order chi connectivity index (χ1) is 6.77. The number of hydrogen-bond donors (Lipinski definition) is 1. The Morgan fingerprint density at radius 2 is 2.14 bits per heavy atom. The van der Waals surface area contributed by atoms with Crippen molar-refractivity contribution >= 4 is 6.03 Å². The Bertz CT molecular complexity index is 350. The van der Waals surface area contributed by atoms with Gasteiger partial charge in [0.2, 0.25) is 0 Å². The molecule has 1 aromatic rings. The zero-order valence-corrected chi connectivity index (χ0v) is 7.58. The average molecular weight is 193 g/mol. The summed E-state index contributed by atoms with van der Waals surface area (Å²) in [5.41, 5.74) is 5.78. The molecule has 0 bridgehead atoms. The van der Waals surface area contributed by atoms with E-state index in [9.17, 15) is 4.79 Å². The summed E-state index contributed by atoms with van der Waals surface area (Å²) >= 11 is 0. The fraction of sp³-hybridized carbons (Fsp3) is 0.625. The lowest BCUT2D eigenvalue weighted by atomic mass is 10.4. The zero-order valence-electron chi connectivity index (χ0n) is 7.58. The number of nitrogens with zero attached hydrogens (tertiary/aromatic N) is 4. The summed E-state index contributed by atoms with van der Waals surface area (Å²) in [6.07, 6.45) is 2.78. The molecule has 2 aliphatic rings. The van der Waals surface area contributed by atoms with Crippen molar-refractivity contribution in [1.82, 2.24) is 19.7 Å². The van der Waals surface area contributed by atoms with Crippen LogP contribution in [0.5, 0.6) is 0 Å². The van der Waals surface area contributed by atoms with Crippen LogP contribution in [0.15, 0.2) is 12.7 Å². The number of hydrogen-bond acceptors (Lipinski definition) is 4. The molecule has 1 aromatic heterocycles. The first-order valence-corrected chi connectivity index (χ1v) is 4.67. The van der Waals surface area contributed by atoms with E-state index in [-0.39, 0.29) is 6.03 Å². The highest BCUT2D eigenvalue weighted by molar-refractivity contribution is 5.76. The van der Waals surface area contributed by atoms with Crippen molar-refractivity contribution in [2.75, 3.05) is 13.1 Å². The summed E-state index contributed by atoms with van der Waals surface area (Å²) in [5, 5.41) is 3.80. The third-order valence-electron chi connectivity index (χ3n) is 3.15. The maximum Gasteiger partial charge on any atom is 0.346 e. The standard InChI is InChI=1S/C8H11N5O/c9-7-5-1-12(2-6(5)7)8(14)13-4-10-3-11-13/h3-7H,1-2,9H2. The Balaban J connectivity index is 1.71. The van der Waals surface area contributed by atoms with Gasteiger partial charge in [-0.25, -0.2) is 9.78 Å². The van der Waals surface area contributed by atoms with Crippen molar-refractivity contribution in [2.45, 2.75) is 6.04 Å². The van der Waals surface area contributed by atoms with Crippen molar-refractivity contribution in [3.8, 4) is 0 Å². The van der Waals surface area contributed by atoms with Crippen LogP contribution in [-0.4, -0.2) is 44.8 Å². The summed E-state index contributed by atoms with van der Waals surface area (Å²) in [7, 11) is 0. The van der Waals surface area contributed by atoms with Crippen LogP contribution in [0.3, 0.4) is 0 Å². The largest absolute Gasteiger partial charge is 0.346 e. The van der Waals surface area contributed by atoms with Gasteiger partial charge in [0.25, 0.3) is 0 Å².